The molecule has 1 saturated heterocycles. The molecule has 1 aromatic rings. The number of amides is 1. The molecule has 1 saturated carbocycles. The van der Waals surface area contributed by atoms with Crippen LogP contribution in [0.15, 0.2) is 35.3 Å². The molecule has 30 heavy (non-hydrogen) atoms. The summed E-state index contributed by atoms with van der Waals surface area (Å²) in [6.07, 6.45) is 5.38. The van der Waals surface area contributed by atoms with Crippen LogP contribution in [0, 0.1) is 11.3 Å². The highest BCUT2D eigenvalue weighted by Gasteiger charge is 2.35. The lowest BCUT2D eigenvalue weighted by molar-refractivity contribution is -0.127. The highest BCUT2D eigenvalue weighted by Crippen LogP contribution is 2.36. The first-order valence-electron chi connectivity index (χ1n) is 11.5. The molecule has 2 aliphatic rings. The summed E-state index contributed by atoms with van der Waals surface area (Å²) in [7, 11) is 0. The van der Waals surface area contributed by atoms with E-state index in [2.05, 4.69) is 36.6 Å². The molecule has 3 atom stereocenters. The second kappa shape index (κ2) is 10.8. The zero-order valence-electron chi connectivity index (χ0n) is 18.6. The summed E-state index contributed by atoms with van der Waals surface area (Å²) in [6, 6.07) is 10.3. The Morgan fingerprint density at radius 2 is 2.07 bits per heavy atom. The minimum atomic E-state index is -0.275. The Morgan fingerprint density at radius 1 is 1.27 bits per heavy atom. The average molecular weight is 415 g/mol. The van der Waals surface area contributed by atoms with Crippen LogP contribution in [-0.2, 0) is 11.2 Å². The largest absolute Gasteiger partial charge is 0.392 e. The van der Waals surface area contributed by atoms with Gasteiger partial charge in [0.25, 0.3) is 0 Å². The van der Waals surface area contributed by atoms with Crippen LogP contribution in [0.25, 0.3) is 0 Å². The number of carbonyl (C=O) groups excluding carboxylic acids is 1. The Morgan fingerprint density at radius 3 is 2.80 bits per heavy atom. The molecule has 1 amide bonds. The maximum atomic E-state index is 12.4. The van der Waals surface area contributed by atoms with Gasteiger partial charge in [-0.05, 0) is 31.7 Å². The number of guanidine groups is 1. The number of benzene rings is 1. The van der Waals surface area contributed by atoms with Gasteiger partial charge in [-0.1, -0.05) is 50.1 Å². The number of nitrogens with one attached hydrogen (secondary N) is 2. The Kier molecular flexibility index (Phi) is 8.14. The van der Waals surface area contributed by atoms with Crippen LogP contribution in [0.1, 0.15) is 51.5 Å². The van der Waals surface area contributed by atoms with Crippen molar-refractivity contribution < 1.29 is 9.90 Å². The third-order valence-corrected chi connectivity index (χ3v) is 6.59. The smallest absolute Gasteiger partial charge is 0.223 e. The number of aliphatic imine (C=N–C) groups is 1. The van der Waals surface area contributed by atoms with E-state index in [0.29, 0.717) is 18.9 Å². The Balaban J connectivity index is 1.48. The Bertz CT molecular complexity index is 708. The zero-order valence-corrected chi connectivity index (χ0v) is 18.6. The molecule has 0 aromatic heterocycles. The molecule has 6 heteroatoms. The second-order valence-corrected chi connectivity index (χ2v) is 9.14. The maximum absolute atomic E-state index is 12.4. The highest BCUT2D eigenvalue weighted by molar-refractivity contribution is 5.81. The molecule has 1 aliphatic heterocycles. The van der Waals surface area contributed by atoms with E-state index in [-0.39, 0.29) is 17.4 Å². The number of hydrogen-bond donors (Lipinski definition) is 3. The number of aliphatic hydroxyl groups is 1. The topological polar surface area (TPSA) is 77.0 Å². The van der Waals surface area contributed by atoms with Crippen LogP contribution in [0.5, 0.6) is 0 Å². The fourth-order valence-corrected chi connectivity index (χ4v) is 4.52. The lowest BCUT2D eigenvalue weighted by Gasteiger charge is -2.37. The molecule has 1 aliphatic carbocycles. The summed E-state index contributed by atoms with van der Waals surface area (Å²) >= 11 is 0. The van der Waals surface area contributed by atoms with Crippen molar-refractivity contribution in [2.24, 2.45) is 16.3 Å². The number of nitrogens with zero attached hydrogens (tertiary/aromatic N) is 2. The molecular formula is C24H38N4O2. The van der Waals surface area contributed by atoms with Gasteiger partial charge in [-0.15, -0.1) is 0 Å². The Hall–Kier alpha value is -2.08. The number of aliphatic hydroxyl groups excluding tert-OH is 1. The Labute approximate surface area is 181 Å². The molecule has 2 fully saturated rings. The first-order chi connectivity index (χ1) is 14.5. The third kappa shape index (κ3) is 6.21. The molecule has 0 radical (unpaired) electrons. The summed E-state index contributed by atoms with van der Waals surface area (Å²) in [5.41, 5.74) is 1.13. The maximum Gasteiger partial charge on any atom is 0.223 e. The van der Waals surface area contributed by atoms with Crippen molar-refractivity contribution in [3.8, 4) is 0 Å². The SMILES string of the molecule is CCNC(=NCC1(C)CCCCC1O)NCC1CC(=O)N(CCc2ccccc2)C1. The molecule has 1 heterocycles. The van der Waals surface area contributed by atoms with Gasteiger partial charge in [0.2, 0.25) is 5.91 Å². The van der Waals surface area contributed by atoms with Gasteiger partial charge in [0.1, 0.15) is 0 Å². The van der Waals surface area contributed by atoms with Crippen LogP contribution in [-0.4, -0.2) is 60.7 Å². The summed E-state index contributed by atoms with van der Waals surface area (Å²) < 4.78 is 0. The average Bonchev–Trinajstić information content (AvgIpc) is 3.11. The molecule has 1 aromatic carbocycles. The molecule has 6 nitrogen and oxygen atoms in total. The predicted octanol–water partition coefficient (Wildman–Crippen LogP) is 2.57. The van der Waals surface area contributed by atoms with E-state index in [9.17, 15) is 9.90 Å². The fourth-order valence-electron chi connectivity index (χ4n) is 4.52. The van der Waals surface area contributed by atoms with Crippen molar-refractivity contribution in [3.05, 3.63) is 35.9 Å². The second-order valence-electron chi connectivity index (χ2n) is 9.14. The van der Waals surface area contributed by atoms with Crippen molar-refractivity contribution in [2.75, 3.05) is 32.7 Å². The van der Waals surface area contributed by atoms with Gasteiger partial charge >= 0.3 is 0 Å². The lowest BCUT2D eigenvalue weighted by Crippen LogP contribution is -2.43. The van der Waals surface area contributed by atoms with E-state index in [1.807, 2.05) is 23.1 Å². The van der Waals surface area contributed by atoms with E-state index in [1.54, 1.807) is 0 Å². The van der Waals surface area contributed by atoms with Gasteiger partial charge in [0.15, 0.2) is 5.96 Å². The molecule has 0 spiro atoms. The van der Waals surface area contributed by atoms with Crippen molar-refractivity contribution >= 4 is 11.9 Å². The molecular weight excluding hydrogens is 376 g/mol. The highest BCUT2D eigenvalue weighted by atomic mass is 16.3. The summed E-state index contributed by atoms with van der Waals surface area (Å²) in [5, 5.41) is 17.1. The molecule has 3 rings (SSSR count). The van der Waals surface area contributed by atoms with Gasteiger partial charge in [-0.2, -0.15) is 0 Å². The first-order valence-corrected chi connectivity index (χ1v) is 11.5. The summed E-state index contributed by atoms with van der Waals surface area (Å²) in [4.78, 5) is 19.2. The quantitative estimate of drug-likeness (QED) is 0.451. The van der Waals surface area contributed by atoms with Crippen LogP contribution < -0.4 is 10.6 Å². The van der Waals surface area contributed by atoms with E-state index < -0.39 is 0 Å². The minimum absolute atomic E-state index is 0.141. The molecule has 3 N–H and O–H groups in total. The van der Waals surface area contributed by atoms with Gasteiger partial charge in [0.05, 0.1) is 12.6 Å². The van der Waals surface area contributed by atoms with E-state index in [1.165, 1.54) is 5.56 Å². The molecule has 3 unspecified atom stereocenters. The first kappa shape index (κ1) is 22.6. The third-order valence-electron chi connectivity index (χ3n) is 6.59. The summed E-state index contributed by atoms with van der Waals surface area (Å²) in [5.74, 6) is 1.33. The normalized spacial score (nSPS) is 27.4. The number of carbonyl (C=O) groups is 1. The van der Waals surface area contributed by atoms with E-state index in [4.69, 9.17) is 4.99 Å². The van der Waals surface area contributed by atoms with Gasteiger partial charge in [0, 0.05) is 43.9 Å². The predicted molar refractivity (Wildman–Crippen MR) is 121 cm³/mol. The van der Waals surface area contributed by atoms with Crippen LogP contribution in [0.4, 0.5) is 0 Å². The number of hydrogen-bond acceptors (Lipinski definition) is 3. The monoisotopic (exact) mass is 414 g/mol. The molecule has 0 bridgehead atoms. The minimum Gasteiger partial charge on any atom is -0.392 e. The van der Waals surface area contributed by atoms with E-state index in [0.717, 1.165) is 64.2 Å². The standard InChI is InChI=1S/C24H38N4O2/c1-3-25-23(27-18-24(2)13-8-7-11-21(24)29)26-16-20-15-22(30)28(17-20)14-12-19-9-5-4-6-10-19/h4-6,9-10,20-21,29H,3,7-8,11-18H2,1-2H3,(H2,25,26,27). The van der Waals surface area contributed by atoms with Gasteiger partial charge in [-0.3, -0.25) is 9.79 Å². The van der Waals surface area contributed by atoms with Crippen molar-refractivity contribution in [2.45, 2.75) is 58.5 Å². The molecule has 166 valence electrons. The van der Waals surface area contributed by atoms with E-state index >= 15 is 0 Å². The number of likely N-dealkylation sites (tertiary alicyclic amines) is 1. The zero-order chi connectivity index (χ0) is 21.4. The van der Waals surface area contributed by atoms with Crippen molar-refractivity contribution in [3.63, 3.8) is 0 Å². The van der Waals surface area contributed by atoms with Crippen molar-refractivity contribution in [1.82, 2.24) is 15.5 Å². The van der Waals surface area contributed by atoms with Crippen LogP contribution >= 0.6 is 0 Å². The lowest BCUT2D eigenvalue weighted by atomic mass is 9.73. The van der Waals surface area contributed by atoms with Gasteiger partial charge < -0.3 is 20.6 Å². The van der Waals surface area contributed by atoms with Crippen LogP contribution in [0.3, 0.4) is 0 Å². The fraction of sp³-hybridized carbons (Fsp3) is 0.667. The van der Waals surface area contributed by atoms with Crippen LogP contribution in [0.2, 0.25) is 0 Å². The number of rotatable bonds is 8. The van der Waals surface area contributed by atoms with Gasteiger partial charge in [-0.25, -0.2) is 0 Å². The summed E-state index contributed by atoms with van der Waals surface area (Å²) in [6.45, 7) is 7.92. The van der Waals surface area contributed by atoms with Crippen molar-refractivity contribution in [1.29, 1.82) is 0 Å².